The Morgan fingerprint density at radius 1 is 1.08 bits per heavy atom. The van der Waals surface area contributed by atoms with Crippen molar-refractivity contribution in [3.8, 4) is 11.5 Å². The van der Waals surface area contributed by atoms with Crippen molar-refractivity contribution in [2.24, 2.45) is 0 Å². The monoisotopic (exact) mass is 341 g/mol. The Labute approximate surface area is 149 Å². The average Bonchev–Trinajstić information content (AvgIpc) is 2.64. The van der Waals surface area contributed by atoms with E-state index in [4.69, 9.17) is 9.47 Å². The quantitative estimate of drug-likeness (QED) is 0.845. The molecule has 0 aliphatic heterocycles. The number of hydrogen-bond donors (Lipinski definition) is 2. The van der Waals surface area contributed by atoms with Crippen LogP contribution in [0, 0.1) is 6.92 Å². The molecule has 0 radical (unpaired) electrons. The van der Waals surface area contributed by atoms with E-state index in [9.17, 15) is 5.11 Å². The highest BCUT2D eigenvalue weighted by Crippen LogP contribution is 2.26. The van der Waals surface area contributed by atoms with Crippen molar-refractivity contribution in [2.75, 3.05) is 7.11 Å². The van der Waals surface area contributed by atoms with Crippen LogP contribution in [-0.2, 0) is 6.54 Å². The minimum absolute atomic E-state index is 0.0462. The number of ether oxygens (including phenoxy) is 2. The Kier molecular flexibility index (Phi) is 5.95. The van der Waals surface area contributed by atoms with Crippen molar-refractivity contribution in [3.05, 3.63) is 59.7 Å². The van der Waals surface area contributed by atoms with Gasteiger partial charge in [0.2, 0.25) is 0 Å². The fourth-order valence-electron chi connectivity index (χ4n) is 3.34. The molecule has 2 N–H and O–H groups in total. The van der Waals surface area contributed by atoms with E-state index < -0.39 is 6.10 Å². The summed E-state index contributed by atoms with van der Waals surface area (Å²) in [6.07, 6.45) is 2.23. The van der Waals surface area contributed by atoms with E-state index in [1.165, 1.54) is 5.56 Å². The summed E-state index contributed by atoms with van der Waals surface area (Å²) in [6.45, 7) is 2.76. The minimum atomic E-state index is -0.508. The van der Waals surface area contributed by atoms with Crippen LogP contribution in [0.2, 0.25) is 0 Å². The Morgan fingerprint density at radius 3 is 2.56 bits per heavy atom. The van der Waals surface area contributed by atoms with Gasteiger partial charge in [-0.2, -0.15) is 0 Å². The number of para-hydroxylation sites is 1. The zero-order chi connectivity index (χ0) is 17.6. The van der Waals surface area contributed by atoms with Crippen molar-refractivity contribution in [2.45, 2.75) is 51.0 Å². The molecule has 1 saturated carbocycles. The van der Waals surface area contributed by atoms with Crippen LogP contribution in [0.3, 0.4) is 0 Å². The summed E-state index contributed by atoms with van der Waals surface area (Å²) in [7, 11) is 1.67. The van der Waals surface area contributed by atoms with E-state index in [0.29, 0.717) is 0 Å². The van der Waals surface area contributed by atoms with Gasteiger partial charge in [-0.1, -0.05) is 30.3 Å². The first kappa shape index (κ1) is 17.8. The Balaban J connectivity index is 1.57. The molecule has 4 heteroatoms. The van der Waals surface area contributed by atoms with Gasteiger partial charge in [0.25, 0.3) is 0 Å². The highest BCUT2D eigenvalue weighted by molar-refractivity contribution is 5.32. The van der Waals surface area contributed by atoms with Gasteiger partial charge in [0.05, 0.1) is 7.11 Å². The van der Waals surface area contributed by atoms with Crippen molar-refractivity contribution in [3.63, 3.8) is 0 Å². The third-order valence-electron chi connectivity index (χ3n) is 4.90. The zero-order valence-electron chi connectivity index (χ0n) is 14.9. The summed E-state index contributed by atoms with van der Waals surface area (Å²) in [4.78, 5) is 0. The fourth-order valence-corrected chi connectivity index (χ4v) is 3.34. The van der Waals surface area contributed by atoms with E-state index in [2.05, 4.69) is 5.32 Å². The van der Waals surface area contributed by atoms with Gasteiger partial charge in [-0.05, 0) is 55.5 Å². The lowest BCUT2D eigenvalue weighted by Crippen LogP contribution is -2.50. The third kappa shape index (κ3) is 4.53. The van der Waals surface area contributed by atoms with Crippen LogP contribution in [-0.4, -0.2) is 30.5 Å². The second kappa shape index (κ2) is 8.37. The van der Waals surface area contributed by atoms with E-state index in [0.717, 1.165) is 42.9 Å². The van der Waals surface area contributed by atoms with Crippen LogP contribution in [0.5, 0.6) is 11.5 Å². The highest BCUT2D eigenvalue weighted by Gasteiger charge is 2.33. The van der Waals surface area contributed by atoms with Crippen LogP contribution < -0.4 is 14.8 Å². The molecule has 0 aromatic heterocycles. The summed E-state index contributed by atoms with van der Waals surface area (Å²) in [6, 6.07) is 16.0. The van der Waals surface area contributed by atoms with Crippen molar-refractivity contribution in [1.82, 2.24) is 5.32 Å². The molecule has 0 bridgehead atoms. The van der Waals surface area contributed by atoms with Gasteiger partial charge in [0, 0.05) is 12.6 Å². The fraction of sp³-hybridized carbons (Fsp3) is 0.429. The third-order valence-corrected chi connectivity index (χ3v) is 4.90. The predicted octanol–water partition coefficient (Wildman–Crippen LogP) is 3.45. The number of nitrogens with one attached hydrogen (secondary N) is 1. The van der Waals surface area contributed by atoms with Gasteiger partial charge >= 0.3 is 0 Å². The maximum absolute atomic E-state index is 10.7. The first-order chi connectivity index (χ1) is 12.2. The Hall–Kier alpha value is -2.04. The first-order valence-corrected chi connectivity index (χ1v) is 8.94. The van der Waals surface area contributed by atoms with Crippen molar-refractivity contribution >= 4 is 0 Å². The number of methoxy groups -OCH3 is 1. The zero-order valence-corrected chi connectivity index (χ0v) is 14.9. The first-order valence-electron chi connectivity index (χ1n) is 8.94. The van der Waals surface area contributed by atoms with Gasteiger partial charge in [-0.25, -0.2) is 0 Å². The average molecular weight is 341 g/mol. The van der Waals surface area contributed by atoms with Crippen molar-refractivity contribution < 1.29 is 14.6 Å². The van der Waals surface area contributed by atoms with Gasteiger partial charge in [0.15, 0.2) is 0 Å². The molecule has 1 aliphatic rings. The largest absolute Gasteiger partial charge is 0.497 e. The molecular formula is C21H27NO3. The van der Waals surface area contributed by atoms with Gasteiger partial charge < -0.3 is 19.9 Å². The molecule has 25 heavy (non-hydrogen) atoms. The maximum Gasteiger partial charge on any atom is 0.126 e. The molecule has 0 heterocycles. The molecule has 134 valence electrons. The molecule has 4 nitrogen and oxygen atoms in total. The molecule has 3 atom stereocenters. The number of rotatable bonds is 6. The lowest BCUT2D eigenvalue weighted by atomic mass is 9.89. The normalized spacial score (nSPS) is 23.2. The van der Waals surface area contributed by atoms with E-state index in [-0.39, 0.29) is 12.1 Å². The highest BCUT2D eigenvalue weighted by atomic mass is 16.5. The lowest BCUT2D eigenvalue weighted by Gasteiger charge is -2.35. The summed E-state index contributed by atoms with van der Waals surface area (Å²) in [5, 5.41) is 14.2. The second-order valence-electron chi connectivity index (χ2n) is 6.68. The molecule has 2 aromatic carbocycles. The molecule has 0 unspecified atom stereocenters. The molecule has 0 amide bonds. The van der Waals surface area contributed by atoms with Crippen molar-refractivity contribution in [1.29, 1.82) is 0 Å². The number of aryl methyl sites for hydroxylation is 1. The number of benzene rings is 2. The Bertz CT molecular complexity index is 671. The molecule has 0 spiro atoms. The molecule has 2 aromatic rings. The molecule has 0 saturated heterocycles. The van der Waals surface area contributed by atoms with Gasteiger partial charge in [0.1, 0.15) is 23.7 Å². The smallest absolute Gasteiger partial charge is 0.126 e. The van der Waals surface area contributed by atoms with E-state index in [1.54, 1.807) is 7.11 Å². The predicted molar refractivity (Wildman–Crippen MR) is 99.1 cm³/mol. The number of aliphatic hydroxyl groups excluding tert-OH is 1. The minimum Gasteiger partial charge on any atom is -0.497 e. The van der Waals surface area contributed by atoms with Crippen LogP contribution in [0.4, 0.5) is 0 Å². The summed E-state index contributed by atoms with van der Waals surface area (Å²) >= 11 is 0. The van der Waals surface area contributed by atoms with E-state index >= 15 is 0 Å². The number of aliphatic hydroxyl groups is 1. The molecule has 1 aliphatic carbocycles. The standard InChI is InChI=1S/C21H27NO3/c1-15-6-3-4-8-19(15)25-20-9-5-7-18(21(20)23)22-14-16-10-12-17(24-2)13-11-16/h3-4,6,8,10-13,18,20-23H,5,7,9,14H2,1-2H3/t18-,20+,21+/m0/s1. The van der Waals surface area contributed by atoms with Crippen LogP contribution in [0.1, 0.15) is 30.4 Å². The molecular weight excluding hydrogens is 314 g/mol. The van der Waals surface area contributed by atoms with Gasteiger partial charge in [-0.15, -0.1) is 0 Å². The topological polar surface area (TPSA) is 50.7 Å². The maximum atomic E-state index is 10.7. The van der Waals surface area contributed by atoms with Crippen LogP contribution in [0.15, 0.2) is 48.5 Å². The Morgan fingerprint density at radius 2 is 1.84 bits per heavy atom. The molecule has 1 fully saturated rings. The summed E-state index contributed by atoms with van der Waals surface area (Å²) in [5.74, 6) is 1.72. The molecule has 3 rings (SSSR count). The lowest BCUT2D eigenvalue weighted by molar-refractivity contribution is -0.0160. The van der Waals surface area contributed by atoms with Crippen LogP contribution >= 0.6 is 0 Å². The number of hydrogen-bond acceptors (Lipinski definition) is 4. The van der Waals surface area contributed by atoms with Gasteiger partial charge in [-0.3, -0.25) is 0 Å². The summed E-state index contributed by atoms with van der Waals surface area (Å²) in [5.41, 5.74) is 2.28. The SMILES string of the molecule is COc1ccc(CN[C@H]2CCC[C@@H](Oc3ccccc3C)[C@@H]2O)cc1. The van der Waals surface area contributed by atoms with E-state index in [1.807, 2.05) is 55.5 Å². The van der Waals surface area contributed by atoms with Crippen LogP contribution in [0.25, 0.3) is 0 Å². The summed E-state index contributed by atoms with van der Waals surface area (Å²) < 4.78 is 11.3. The second-order valence-corrected chi connectivity index (χ2v) is 6.68.